The number of nitrogens with one attached hydrogen (secondary N) is 1. The summed E-state index contributed by atoms with van der Waals surface area (Å²) in [7, 11) is 0. The van der Waals surface area contributed by atoms with Crippen molar-refractivity contribution >= 4 is 11.6 Å². The molecule has 0 aliphatic carbocycles. The number of amides is 1. The summed E-state index contributed by atoms with van der Waals surface area (Å²) in [6.45, 7) is 2.40. The highest BCUT2D eigenvalue weighted by Gasteiger charge is 2.17. The minimum absolute atomic E-state index is 0.0366. The third-order valence-corrected chi connectivity index (χ3v) is 2.77. The van der Waals surface area contributed by atoms with Gasteiger partial charge >= 0.3 is 0 Å². The van der Waals surface area contributed by atoms with Gasteiger partial charge in [-0.15, -0.1) is 0 Å². The summed E-state index contributed by atoms with van der Waals surface area (Å²) in [6, 6.07) is 6.01. The topological polar surface area (TPSA) is 121 Å². The molecule has 0 fully saturated rings. The molecule has 8 heteroatoms. The molecular weight excluding hydrogens is 262 g/mol. The summed E-state index contributed by atoms with van der Waals surface area (Å²) in [4.78, 5) is 24.7. The van der Waals surface area contributed by atoms with Crippen molar-refractivity contribution in [3.8, 4) is 0 Å². The Bertz CT molecular complexity index is 540. The van der Waals surface area contributed by atoms with Crippen LogP contribution in [0.25, 0.3) is 10.4 Å². The van der Waals surface area contributed by atoms with Crippen molar-refractivity contribution in [2.45, 2.75) is 19.3 Å². The molecule has 1 aromatic carbocycles. The Morgan fingerprint density at radius 1 is 1.60 bits per heavy atom. The summed E-state index contributed by atoms with van der Waals surface area (Å²) in [5.41, 5.74) is 8.65. The van der Waals surface area contributed by atoms with Gasteiger partial charge in [0.15, 0.2) is 0 Å². The number of benzene rings is 1. The average Bonchev–Trinajstić information content (AvgIpc) is 2.46. The van der Waals surface area contributed by atoms with Crippen molar-refractivity contribution in [2.24, 2.45) is 5.11 Å². The second-order valence-electron chi connectivity index (χ2n) is 4.17. The van der Waals surface area contributed by atoms with Crippen molar-refractivity contribution in [1.82, 2.24) is 5.32 Å². The van der Waals surface area contributed by atoms with E-state index in [-0.39, 0.29) is 11.6 Å². The highest BCUT2D eigenvalue weighted by atomic mass is 16.6. The van der Waals surface area contributed by atoms with Crippen LogP contribution in [-0.4, -0.2) is 23.9 Å². The molecule has 106 valence electrons. The fourth-order valence-corrected chi connectivity index (χ4v) is 1.62. The van der Waals surface area contributed by atoms with Crippen molar-refractivity contribution in [1.29, 1.82) is 0 Å². The highest BCUT2D eigenvalue weighted by Crippen LogP contribution is 2.20. The third kappa shape index (κ3) is 4.58. The molecule has 8 nitrogen and oxygen atoms in total. The second kappa shape index (κ2) is 7.75. The molecule has 1 aromatic rings. The predicted octanol–water partition coefficient (Wildman–Crippen LogP) is 2.51. The number of carbonyl (C=O) groups excluding carboxylic acids is 1. The van der Waals surface area contributed by atoms with E-state index in [1.54, 1.807) is 19.1 Å². The molecular formula is C12H15N5O3. The molecule has 0 spiro atoms. The molecule has 1 amide bonds. The van der Waals surface area contributed by atoms with Crippen LogP contribution in [0, 0.1) is 10.1 Å². The normalized spacial score (nSPS) is 11.2. The van der Waals surface area contributed by atoms with Crippen molar-refractivity contribution < 1.29 is 9.72 Å². The van der Waals surface area contributed by atoms with Gasteiger partial charge in [-0.25, -0.2) is 0 Å². The number of nitro groups is 1. The van der Waals surface area contributed by atoms with Gasteiger partial charge in [-0.3, -0.25) is 14.9 Å². The van der Waals surface area contributed by atoms with E-state index in [9.17, 15) is 14.9 Å². The molecule has 1 atom stereocenters. The number of rotatable bonds is 7. The number of non-ortho nitro benzene ring substituents is 1. The summed E-state index contributed by atoms with van der Waals surface area (Å²) in [5.74, 6) is -0.694. The zero-order chi connectivity index (χ0) is 15.0. The lowest BCUT2D eigenvalue weighted by atomic mass is 10.00. The summed E-state index contributed by atoms with van der Waals surface area (Å²) < 4.78 is 0. The number of nitrogens with zero attached hydrogens (tertiary/aromatic N) is 4. The Balaban J connectivity index is 2.58. The van der Waals surface area contributed by atoms with E-state index in [2.05, 4.69) is 15.3 Å². The van der Waals surface area contributed by atoms with Gasteiger partial charge in [-0.1, -0.05) is 17.2 Å². The van der Waals surface area contributed by atoms with E-state index in [4.69, 9.17) is 5.53 Å². The number of nitro benzene ring substituents is 1. The van der Waals surface area contributed by atoms with Crippen LogP contribution >= 0.6 is 0 Å². The first-order valence-electron chi connectivity index (χ1n) is 6.09. The average molecular weight is 277 g/mol. The van der Waals surface area contributed by atoms with E-state index < -0.39 is 10.8 Å². The van der Waals surface area contributed by atoms with Crippen LogP contribution in [0.15, 0.2) is 29.4 Å². The molecule has 0 heterocycles. The smallest absolute Gasteiger partial charge is 0.269 e. The van der Waals surface area contributed by atoms with Gasteiger partial charge in [0.05, 0.1) is 10.8 Å². The molecule has 0 aromatic heterocycles. The van der Waals surface area contributed by atoms with Gasteiger partial charge < -0.3 is 5.32 Å². The maximum Gasteiger partial charge on any atom is 0.269 e. The van der Waals surface area contributed by atoms with Crippen LogP contribution in [0.4, 0.5) is 5.69 Å². The molecule has 20 heavy (non-hydrogen) atoms. The van der Waals surface area contributed by atoms with Crippen LogP contribution in [0.3, 0.4) is 0 Å². The van der Waals surface area contributed by atoms with E-state index in [1.807, 2.05) is 0 Å². The van der Waals surface area contributed by atoms with Gasteiger partial charge in [0, 0.05) is 30.1 Å². The van der Waals surface area contributed by atoms with E-state index in [0.717, 1.165) is 0 Å². The van der Waals surface area contributed by atoms with Gasteiger partial charge in [-0.05, 0) is 24.4 Å². The van der Waals surface area contributed by atoms with Gasteiger partial charge in [0.2, 0.25) is 5.91 Å². The lowest BCUT2D eigenvalue weighted by Crippen LogP contribution is -2.29. The Hall–Kier alpha value is -2.60. The lowest BCUT2D eigenvalue weighted by Gasteiger charge is -2.12. The fourth-order valence-electron chi connectivity index (χ4n) is 1.62. The lowest BCUT2D eigenvalue weighted by molar-refractivity contribution is -0.384. The molecule has 0 bridgehead atoms. The Kier molecular flexibility index (Phi) is 5.99. The molecule has 0 radical (unpaired) electrons. The van der Waals surface area contributed by atoms with Crippen molar-refractivity contribution in [3.05, 3.63) is 50.4 Å². The standard InChI is InChI=1S/C12H15N5O3/c1-9(12(18)14-6-3-7-15-16-13)10-4-2-5-11(8-10)17(19)20/h2,4-5,8-9H,3,6-7H2,1H3,(H,14,18). The van der Waals surface area contributed by atoms with Crippen LogP contribution in [-0.2, 0) is 4.79 Å². The van der Waals surface area contributed by atoms with Gasteiger partial charge in [-0.2, -0.15) is 0 Å². The molecule has 0 saturated carbocycles. The zero-order valence-corrected chi connectivity index (χ0v) is 11.0. The minimum Gasteiger partial charge on any atom is -0.356 e. The summed E-state index contributed by atoms with van der Waals surface area (Å²) in [5, 5.41) is 16.7. The third-order valence-electron chi connectivity index (χ3n) is 2.77. The van der Waals surface area contributed by atoms with E-state index >= 15 is 0 Å². The molecule has 1 rings (SSSR count). The number of hydrogen-bond donors (Lipinski definition) is 1. The van der Waals surface area contributed by atoms with Crippen LogP contribution < -0.4 is 5.32 Å². The first kappa shape index (κ1) is 15.5. The molecule has 0 aliphatic rings. The quantitative estimate of drug-likeness (QED) is 0.206. The van der Waals surface area contributed by atoms with Crippen molar-refractivity contribution in [3.63, 3.8) is 0 Å². The second-order valence-corrected chi connectivity index (χ2v) is 4.17. The van der Waals surface area contributed by atoms with Gasteiger partial charge in [0.25, 0.3) is 5.69 Å². The predicted molar refractivity (Wildman–Crippen MR) is 73.2 cm³/mol. The van der Waals surface area contributed by atoms with Gasteiger partial charge in [0.1, 0.15) is 0 Å². The zero-order valence-electron chi connectivity index (χ0n) is 11.0. The Morgan fingerprint density at radius 2 is 2.35 bits per heavy atom. The minimum atomic E-state index is -0.492. The maximum atomic E-state index is 11.9. The monoisotopic (exact) mass is 277 g/mol. The summed E-state index contributed by atoms with van der Waals surface area (Å²) in [6.07, 6.45) is 0.553. The number of azide groups is 1. The van der Waals surface area contributed by atoms with Crippen LogP contribution in [0.2, 0.25) is 0 Å². The molecule has 0 saturated heterocycles. The Labute approximate surface area is 115 Å². The first-order chi connectivity index (χ1) is 9.56. The van der Waals surface area contributed by atoms with Crippen molar-refractivity contribution in [2.75, 3.05) is 13.1 Å². The maximum absolute atomic E-state index is 11.9. The van der Waals surface area contributed by atoms with Crippen LogP contribution in [0.5, 0.6) is 0 Å². The molecule has 0 aliphatic heterocycles. The highest BCUT2D eigenvalue weighted by molar-refractivity contribution is 5.83. The first-order valence-corrected chi connectivity index (χ1v) is 6.09. The largest absolute Gasteiger partial charge is 0.356 e. The number of carbonyl (C=O) groups is 1. The molecule has 1 unspecified atom stereocenters. The van der Waals surface area contributed by atoms with Crippen LogP contribution in [0.1, 0.15) is 24.8 Å². The van der Waals surface area contributed by atoms with E-state index in [1.165, 1.54) is 12.1 Å². The number of hydrogen-bond acceptors (Lipinski definition) is 4. The Morgan fingerprint density at radius 3 is 3.00 bits per heavy atom. The summed E-state index contributed by atoms with van der Waals surface area (Å²) >= 11 is 0. The fraction of sp³-hybridized carbons (Fsp3) is 0.417. The molecule has 1 N–H and O–H groups in total. The SMILES string of the molecule is CC(C(=O)NCCCN=[N+]=[N-])c1cccc([N+](=O)[O-])c1. The van der Waals surface area contributed by atoms with E-state index in [0.29, 0.717) is 25.1 Å².